The van der Waals surface area contributed by atoms with Gasteiger partial charge in [-0.2, -0.15) is 4.31 Å². The Hall–Kier alpha value is -2.71. The molecule has 0 unspecified atom stereocenters. The summed E-state index contributed by atoms with van der Waals surface area (Å²) < 4.78 is 26.6. The van der Waals surface area contributed by atoms with Gasteiger partial charge in [-0.15, -0.1) is 0 Å². The lowest BCUT2D eigenvalue weighted by Gasteiger charge is -2.26. The lowest BCUT2D eigenvalue weighted by atomic mass is 10.1. The molecule has 0 saturated carbocycles. The number of nitrogens with one attached hydrogen (secondary N) is 2. The summed E-state index contributed by atoms with van der Waals surface area (Å²) >= 11 is 0. The number of nitrogens with zero attached hydrogens (tertiary/aromatic N) is 1. The van der Waals surface area contributed by atoms with Crippen LogP contribution in [0.3, 0.4) is 0 Å². The maximum Gasteiger partial charge on any atom is 0.243 e. The average Bonchev–Trinajstić information content (AvgIpc) is 2.67. The second-order valence-corrected chi connectivity index (χ2v) is 8.19. The van der Waals surface area contributed by atoms with Crippen LogP contribution in [0.25, 0.3) is 0 Å². The number of hydrogen-bond acceptors (Lipinski definition) is 4. The van der Waals surface area contributed by atoms with Crippen molar-refractivity contribution < 1.29 is 18.0 Å². The Balaban J connectivity index is 1.66. The molecule has 1 fully saturated rings. The van der Waals surface area contributed by atoms with E-state index in [2.05, 4.69) is 10.6 Å². The quantitative estimate of drug-likeness (QED) is 0.783. The van der Waals surface area contributed by atoms with Crippen LogP contribution in [0, 0.1) is 0 Å². The van der Waals surface area contributed by atoms with E-state index in [0.717, 1.165) is 9.87 Å². The number of rotatable bonds is 6. The molecule has 0 atom stereocenters. The zero-order valence-electron chi connectivity index (χ0n) is 14.7. The highest BCUT2D eigenvalue weighted by Crippen LogP contribution is 2.20. The minimum atomic E-state index is -3.79. The summed E-state index contributed by atoms with van der Waals surface area (Å²) in [5, 5.41) is 5.33. The number of anilines is 1. The number of carbonyl (C=O) groups is 2. The fourth-order valence-electron chi connectivity index (χ4n) is 2.83. The zero-order chi connectivity index (χ0) is 19.3. The first-order valence-corrected chi connectivity index (χ1v) is 10.1. The smallest absolute Gasteiger partial charge is 0.243 e. The molecule has 0 aliphatic carbocycles. The molecule has 1 aliphatic rings. The molecule has 3 rings (SSSR count). The standard InChI is InChI=1S/C19H21N3O4S/c23-18(10-9-15-5-2-1-3-6-15)21-16-7-4-8-17(13-16)27(25,26)22-12-11-20-19(24)14-22/h1-8,13H,9-12,14H2,(H,20,24)(H,21,23). The van der Waals surface area contributed by atoms with Crippen LogP contribution in [0.4, 0.5) is 5.69 Å². The number of piperazine rings is 1. The molecule has 1 aliphatic heterocycles. The van der Waals surface area contributed by atoms with E-state index in [0.29, 0.717) is 18.5 Å². The van der Waals surface area contributed by atoms with Gasteiger partial charge in [0.15, 0.2) is 0 Å². The van der Waals surface area contributed by atoms with Gasteiger partial charge >= 0.3 is 0 Å². The third kappa shape index (κ3) is 4.93. The van der Waals surface area contributed by atoms with E-state index in [1.165, 1.54) is 12.1 Å². The Kier molecular flexibility index (Phi) is 5.88. The van der Waals surface area contributed by atoms with Gasteiger partial charge in [0, 0.05) is 25.2 Å². The van der Waals surface area contributed by atoms with Crippen LogP contribution in [-0.4, -0.2) is 44.2 Å². The molecule has 2 N–H and O–H groups in total. The van der Waals surface area contributed by atoms with E-state index < -0.39 is 10.0 Å². The van der Waals surface area contributed by atoms with Gasteiger partial charge in [0.25, 0.3) is 0 Å². The first-order chi connectivity index (χ1) is 12.9. The van der Waals surface area contributed by atoms with Crippen LogP contribution in [0.2, 0.25) is 0 Å². The van der Waals surface area contributed by atoms with E-state index in [9.17, 15) is 18.0 Å². The molecule has 1 saturated heterocycles. The predicted octanol–water partition coefficient (Wildman–Crippen LogP) is 1.38. The lowest BCUT2D eigenvalue weighted by molar-refractivity contribution is -0.122. The summed E-state index contributed by atoms with van der Waals surface area (Å²) in [6.07, 6.45) is 0.904. The van der Waals surface area contributed by atoms with Crippen molar-refractivity contribution in [2.75, 3.05) is 25.0 Å². The Morgan fingerprint density at radius 1 is 1.11 bits per heavy atom. The van der Waals surface area contributed by atoms with Crippen molar-refractivity contribution in [1.82, 2.24) is 9.62 Å². The van der Waals surface area contributed by atoms with E-state index in [4.69, 9.17) is 0 Å². The molecule has 0 radical (unpaired) electrons. The molecule has 8 heteroatoms. The zero-order valence-corrected chi connectivity index (χ0v) is 15.5. The van der Waals surface area contributed by atoms with Gasteiger partial charge in [-0.3, -0.25) is 9.59 Å². The van der Waals surface area contributed by atoms with Crippen molar-refractivity contribution in [3.8, 4) is 0 Å². The van der Waals surface area contributed by atoms with Gasteiger partial charge in [0.2, 0.25) is 21.8 Å². The summed E-state index contributed by atoms with van der Waals surface area (Å²) in [4.78, 5) is 23.7. The van der Waals surface area contributed by atoms with Crippen LogP contribution >= 0.6 is 0 Å². The lowest BCUT2D eigenvalue weighted by Crippen LogP contribution is -2.49. The van der Waals surface area contributed by atoms with Crippen LogP contribution in [0.5, 0.6) is 0 Å². The van der Waals surface area contributed by atoms with E-state index in [1.54, 1.807) is 12.1 Å². The minimum Gasteiger partial charge on any atom is -0.354 e. The number of carbonyl (C=O) groups excluding carboxylic acids is 2. The number of aryl methyl sites for hydroxylation is 1. The van der Waals surface area contributed by atoms with Crippen LogP contribution in [0.1, 0.15) is 12.0 Å². The Labute approximate surface area is 158 Å². The van der Waals surface area contributed by atoms with Gasteiger partial charge in [0.05, 0.1) is 11.4 Å². The third-order valence-corrected chi connectivity index (χ3v) is 6.08. The second kappa shape index (κ2) is 8.32. The Bertz CT molecular complexity index is 929. The summed E-state index contributed by atoms with van der Waals surface area (Å²) in [5.74, 6) is -0.513. The van der Waals surface area contributed by atoms with Crippen molar-refractivity contribution in [3.05, 3.63) is 60.2 Å². The van der Waals surface area contributed by atoms with Crippen molar-refractivity contribution in [2.24, 2.45) is 0 Å². The molecular weight excluding hydrogens is 366 g/mol. The van der Waals surface area contributed by atoms with Crippen molar-refractivity contribution >= 4 is 27.5 Å². The van der Waals surface area contributed by atoms with Crippen LogP contribution in [0.15, 0.2) is 59.5 Å². The predicted molar refractivity (Wildman–Crippen MR) is 102 cm³/mol. The normalized spacial score (nSPS) is 15.2. The monoisotopic (exact) mass is 387 g/mol. The van der Waals surface area contributed by atoms with Crippen molar-refractivity contribution in [3.63, 3.8) is 0 Å². The second-order valence-electron chi connectivity index (χ2n) is 6.25. The van der Waals surface area contributed by atoms with Crippen molar-refractivity contribution in [2.45, 2.75) is 17.7 Å². The Morgan fingerprint density at radius 3 is 2.63 bits per heavy atom. The number of hydrogen-bond donors (Lipinski definition) is 2. The first kappa shape index (κ1) is 19.1. The molecule has 0 aromatic heterocycles. The molecule has 2 aromatic carbocycles. The molecule has 0 bridgehead atoms. The molecule has 2 aromatic rings. The highest BCUT2D eigenvalue weighted by molar-refractivity contribution is 7.89. The minimum absolute atomic E-state index is 0.0538. The molecule has 142 valence electrons. The van der Waals surface area contributed by atoms with E-state index in [1.807, 2.05) is 30.3 Å². The summed E-state index contributed by atoms with van der Waals surface area (Å²) in [6.45, 7) is 0.311. The SMILES string of the molecule is O=C1CN(S(=O)(=O)c2cccc(NC(=O)CCc3ccccc3)c2)CCN1. The largest absolute Gasteiger partial charge is 0.354 e. The molecule has 7 nitrogen and oxygen atoms in total. The topological polar surface area (TPSA) is 95.6 Å². The third-order valence-electron chi connectivity index (χ3n) is 4.24. The van der Waals surface area contributed by atoms with Crippen molar-refractivity contribution in [1.29, 1.82) is 0 Å². The molecule has 27 heavy (non-hydrogen) atoms. The molecule has 0 spiro atoms. The fraction of sp³-hybridized carbons (Fsp3) is 0.263. The molecular formula is C19H21N3O4S. The summed E-state index contributed by atoms with van der Waals surface area (Å²) in [6, 6.07) is 15.8. The maximum absolute atomic E-state index is 12.7. The van der Waals surface area contributed by atoms with Gasteiger partial charge in [0.1, 0.15) is 0 Å². The van der Waals surface area contributed by atoms with Crippen LogP contribution < -0.4 is 10.6 Å². The summed E-state index contributed by atoms with van der Waals surface area (Å²) in [7, 11) is -3.79. The molecule has 2 amide bonds. The van der Waals surface area contributed by atoms with Gasteiger partial charge < -0.3 is 10.6 Å². The van der Waals surface area contributed by atoms with Gasteiger partial charge in [-0.1, -0.05) is 36.4 Å². The van der Waals surface area contributed by atoms with E-state index in [-0.39, 0.29) is 36.3 Å². The number of sulfonamides is 1. The highest BCUT2D eigenvalue weighted by atomic mass is 32.2. The summed E-state index contributed by atoms with van der Waals surface area (Å²) in [5.41, 5.74) is 1.47. The Morgan fingerprint density at radius 2 is 1.89 bits per heavy atom. The van der Waals surface area contributed by atoms with Crippen LogP contribution in [-0.2, 0) is 26.0 Å². The average molecular weight is 387 g/mol. The number of benzene rings is 2. The molecule has 1 heterocycles. The number of amides is 2. The fourth-order valence-corrected chi connectivity index (χ4v) is 4.27. The van der Waals surface area contributed by atoms with E-state index >= 15 is 0 Å². The van der Waals surface area contributed by atoms with Gasteiger partial charge in [-0.25, -0.2) is 8.42 Å². The highest BCUT2D eigenvalue weighted by Gasteiger charge is 2.29. The first-order valence-electron chi connectivity index (χ1n) is 8.66. The van der Waals surface area contributed by atoms with Gasteiger partial charge in [-0.05, 0) is 30.2 Å². The maximum atomic E-state index is 12.7.